The first-order chi connectivity index (χ1) is 16.9. The molecule has 1 aliphatic heterocycles. The van der Waals surface area contributed by atoms with Crippen LogP contribution in [-0.2, 0) is 4.74 Å². The SMILES string of the molecule is CCOC(=O)c1sc(N2N=C3/C(=C\c4ccc(Cl)cc4)CCCC3C2c2ccc(Cl)cc2)nc1C. The van der Waals surface area contributed by atoms with Gasteiger partial charge in [-0.15, -0.1) is 0 Å². The molecule has 35 heavy (non-hydrogen) atoms. The fourth-order valence-corrected chi connectivity index (χ4v) is 5.98. The van der Waals surface area contributed by atoms with Crippen LogP contribution in [0, 0.1) is 12.8 Å². The maximum absolute atomic E-state index is 12.5. The highest BCUT2D eigenvalue weighted by molar-refractivity contribution is 7.17. The Hall–Kier alpha value is -2.67. The standard InChI is InChI=1S/C27H25Cl2N3O2S/c1-3-34-26(33)25-16(2)30-27(35-25)32-24(18-9-13-21(29)14-10-18)22-6-4-5-19(23(22)31-32)15-17-7-11-20(28)12-8-17/h7-15,22,24H,3-6H2,1-2H3/b19-15-. The summed E-state index contributed by atoms with van der Waals surface area (Å²) in [5.41, 5.74) is 5.19. The Morgan fingerprint density at radius 3 is 2.51 bits per heavy atom. The monoisotopic (exact) mass is 525 g/mol. The molecular formula is C27H25Cl2N3O2S. The molecule has 180 valence electrons. The van der Waals surface area contributed by atoms with Crippen LogP contribution in [0.15, 0.2) is 59.2 Å². The fourth-order valence-electron chi connectivity index (χ4n) is 4.78. The number of hydrogen-bond acceptors (Lipinski definition) is 6. The van der Waals surface area contributed by atoms with Crippen molar-refractivity contribution < 1.29 is 9.53 Å². The topological polar surface area (TPSA) is 54.8 Å². The largest absolute Gasteiger partial charge is 0.462 e. The van der Waals surface area contributed by atoms with Crippen molar-refractivity contribution in [2.45, 2.75) is 39.2 Å². The Labute approximate surface area is 219 Å². The van der Waals surface area contributed by atoms with Crippen LogP contribution in [0.25, 0.3) is 6.08 Å². The van der Waals surface area contributed by atoms with Gasteiger partial charge >= 0.3 is 5.97 Å². The maximum Gasteiger partial charge on any atom is 0.350 e. The second-order valence-electron chi connectivity index (χ2n) is 8.68. The highest BCUT2D eigenvalue weighted by atomic mass is 35.5. The molecule has 1 saturated carbocycles. The summed E-state index contributed by atoms with van der Waals surface area (Å²) in [6.45, 7) is 3.97. The van der Waals surface area contributed by atoms with Gasteiger partial charge in [-0.25, -0.2) is 14.8 Å². The summed E-state index contributed by atoms with van der Waals surface area (Å²) in [6, 6.07) is 15.8. The van der Waals surface area contributed by atoms with Gasteiger partial charge in [-0.1, -0.05) is 58.8 Å². The molecule has 2 aromatic carbocycles. The van der Waals surface area contributed by atoms with E-state index >= 15 is 0 Å². The van der Waals surface area contributed by atoms with E-state index in [-0.39, 0.29) is 17.9 Å². The third kappa shape index (κ3) is 4.88. The Bertz CT molecular complexity index is 1300. The Morgan fingerprint density at radius 1 is 1.14 bits per heavy atom. The van der Waals surface area contributed by atoms with E-state index in [1.807, 2.05) is 48.3 Å². The summed E-state index contributed by atoms with van der Waals surface area (Å²) in [5, 5.41) is 9.23. The lowest BCUT2D eigenvalue weighted by molar-refractivity contribution is 0.0531. The predicted molar refractivity (Wildman–Crippen MR) is 144 cm³/mol. The van der Waals surface area contributed by atoms with E-state index in [1.165, 1.54) is 16.9 Å². The molecule has 0 spiro atoms. The molecule has 2 atom stereocenters. The van der Waals surface area contributed by atoms with E-state index in [1.54, 1.807) is 6.92 Å². The molecular weight excluding hydrogens is 501 g/mol. The minimum atomic E-state index is -0.343. The third-order valence-corrected chi connectivity index (χ3v) is 8.00. The second-order valence-corrected chi connectivity index (χ2v) is 10.5. The molecule has 2 heterocycles. The van der Waals surface area contributed by atoms with Crippen LogP contribution in [0.3, 0.4) is 0 Å². The molecule has 2 unspecified atom stereocenters. The smallest absolute Gasteiger partial charge is 0.350 e. The zero-order valence-corrected chi connectivity index (χ0v) is 21.8. The number of carbonyl (C=O) groups excluding carboxylic acids is 1. The van der Waals surface area contributed by atoms with E-state index in [4.69, 9.17) is 38.0 Å². The third-order valence-electron chi connectivity index (χ3n) is 6.37. The highest BCUT2D eigenvalue weighted by Gasteiger charge is 2.43. The average Bonchev–Trinajstić information content (AvgIpc) is 3.43. The van der Waals surface area contributed by atoms with Gasteiger partial charge in [-0.3, -0.25) is 0 Å². The minimum Gasteiger partial charge on any atom is -0.462 e. The minimum absolute atomic E-state index is 0.0308. The number of benzene rings is 2. The van der Waals surface area contributed by atoms with Gasteiger partial charge in [0.05, 0.1) is 24.1 Å². The van der Waals surface area contributed by atoms with Gasteiger partial charge in [0.1, 0.15) is 4.88 Å². The predicted octanol–water partition coefficient (Wildman–Crippen LogP) is 7.74. The molecule has 1 aromatic heterocycles. The zero-order valence-electron chi connectivity index (χ0n) is 19.5. The molecule has 2 aliphatic rings. The van der Waals surface area contributed by atoms with Crippen LogP contribution in [0.1, 0.15) is 58.7 Å². The molecule has 8 heteroatoms. The number of fused-ring (bicyclic) bond motifs is 1. The Kier molecular flexibility index (Phi) is 6.96. The number of halogens is 2. The van der Waals surface area contributed by atoms with Crippen molar-refractivity contribution in [2.24, 2.45) is 11.0 Å². The second kappa shape index (κ2) is 10.1. The quantitative estimate of drug-likeness (QED) is 0.319. The van der Waals surface area contributed by atoms with Crippen LogP contribution in [0.4, 0.5) is 5.13 Å². The number of hydrazone groups is 1. The summed E-state index contributed by atoms with van der Waals surface area (Å²) in [6.07, 6.45) is 5.27. The van der Waals surface area contributed by atoms with E-state index in [0.717, 1.165) is 41.1 Å². The summed E-state index contributed by atoms with van der Waals surface area (Å²) >= 11 is 13.6. The number of carbonyl (C=O) groups is 1. The first kappa shape index (κ1) is 24.0. The maximum atomic E-state index is 12.5. The number of nitrogens with zero attached hydrogens (tertiary/aromatic N) is 3. The summed E-state index contributed by atoms with van der Waals surface area (Å²) in [5.74, 6) is -0.136. The van der Waals surface area contributed by atoms with Crippen molar-refractivity contribution in [1.29, 1.82) is 0 Å². The van der Waals surface area contributed by atoms with E-state index < -0.39 is 0 Å². The molecule has 0 saturated heterocycles. The van der Waals surface area contributed by atoms with Crippen molar-refractivity contribution >= 4 is 57.4 Å². The normalized spacial score (nSPS) is 20.6. The van der Waals surface area contributed by atoms with Gasteiger partial charge in [-0.05, 0) is 80.2 Å². The number of thiazole rings is 1. The van der Waals surface area contributed by atoms with Crippen molar-refractivity contribution in [3.63, 3.8) is 0 Å². The van der Waals surface area contributed by atoms with E-state index in [9.17, 15) is 4.79 Å². The van der Waals surface area contributed by atoms with Gasteiger partial charge in [0.25, 0.3) is 0 Å². The van der Waals surface area contributed by atoms with Crippen LogP contribution < -0.4 is 5.01 Å². The zero-order chi connectivity index (χ0) is 24.5. The number of esters is 1. The molecule has 5 nitrogen and oxygen atoms in total. The molecule has 3 aromatic rings. The highest BCUT2D eigenvalue weighted by Crippen LogP contribution is 2.47. The molecule has 1 aliphatic carbocycles. The van der Waals surface area contributed by atoms with Gasteiger partial charge in [0.2, 0.25) is 5.13 Å². The number of ether oxygens (including phenoxy) is 1. The average molecular weight is 526 g/mol. The lowest BCUT2D eigenvalue weighted by Gasteiger charge is -2.29. The summed E-state index contributed by atoms with van der Waals surface area (Å²) < 4.78 is 5.24. The van der Waals surface area contributed by atoms with Gasteiger partial charge in [0.15, 0.2) is 0 Å². The van der Waals surface area contributed by atoms with Gasteiger partial charge in [-0.2, -0.15) is 5.10 Å². The molecule has 1 fully saturated rings. The number of allylic oxidation sites excluding steroid dienone is 1. The lowest BCUT2D eigenvalue weighted by atomic mass is 9.77. The molecule has 5 rings (SSSR count). The summed E-state index contributed by atoms with van der Waals surface area (Å²) in [4.78, 5) is 17.7. The van der Waals surface area contributed by atoms with Crippen molar-refractivity contribution in [2.75, 3.05) is 11.6 Å². The number of anilines is 1. The number of rotatable bonds is 5. The number of aromatic nitrogens is 1. The summed E-state index contributed by atoms with van der Waals surface area (Å²) in [7, 11) is 0. The van der Waals surface area contributed by atoms with Crippen LogP contribution in [-0.4, -0.2) is 23.3 Å². The van der Waals surface area contributed by atoms with Gasteiger partial charge in [0, 0.05) is 16.0 Å². The van der Waals surface area contributed by atoms with Crippen LogP contribution >= 0.6 is 34.5 Å². The molecule has 0 bridgehead atoms. The Balaban J connectivity index is 1.58. The number of hydrogen-bond donors (Lipinski definition) is 0. The van der Waals surface area contributed by atoms with Crippen molar-refractivity contribution in [1.82, 2.24) is 4.98 Å². The van der Waals surface area contributed by atoms with E-state index in [2.05, 4.69) is 18.2 Å². The Morgan fingerprint density at radius 2 is 1.83 bits per heavy atom. The fraction of sp³-hybridized carbons (Fsp3) is 0.296. The molecule has 0 radical (unpaired) electrons. The first-order valence-corrected chi connectivity index (χ1v) is 13.3. The van der Waals surface area contributed by atoms with Crippen LogP contribution in [0.5, 0.6) is 0 Å². The molecule has 0 amide bonds. The first-order valence-electron chi connectivity index (χ1n) is 11.7. The van der Waals surface area contributed by atoms with Crippen molar-refractivity contribution in [3.8, 4) is 0 Å². The van der Waals surface area contributed by atoms with Crippen LogP contribution in [0.2, 0.25) is 10.0 Å². The lowest BCUT2D eigenvalue weighted by Crippen LogP contribution is -2.28. The van der Waals surface area contributed by atoms with Crippen molar-refractivity contribution in [3.05, 3.63) is 85.8 Å². The number of aryl methyl sites for hydroxylation is 1. The van der Waals surface area contributed by atoms with Gasteiger partial charge < -0.3 is 4.74 Å². The molecule has 0 N–H and O–H groups in total. The van der Waals surface area contributed by atoms with E-state index in [0.29, 0.717) is 27.3 Å².